The van der Waals surface area contributed by atoms with Gasteiger partial charge < -0.3 is 15.6 Å². The fourth-order valence-corrected chi connectivity index (χ4v) is 3.23. The van der Waals surface area contributed by atoms with Gasteiger partial charge in [0.1, 0.15) is 10.6 Å². The van der Waals surface area contributed by atoms with Gasteiger partial charge in [0, 0.05) is 14.9 Å². The highest BCUT2D eigenvalue weighted by Crippen LogP contribution is 2.42. The average Bonchev–Trinajstić information content (AvgIpc) is 2.66. The maximum Gasteiger partial charge on any atom is 0.348 e. The predicted octanol–water partition coefficient (Wildman–Crippen LogP) is 3.78. The Kier molecular flexibility index (Phi) is 3.82. The number of ether oxygens (including phenoxy) is 1. The maximum atomic E-state index is 11.1. The van der Waals surface area contributed by atoms with E-state index in [1.807, 2.05) is 25.1 Å². The number of anilines is 1. The third kappa shape index (κ3) is 2.46. The van der Waals surface area contributed by atoms with E-state index in [1.54, 1.807) is 7.11 Å². The number of rotatable bonds is 3. The van der Waals surface area contributed by atoms with Gasteiger partial charge in [0.2, 0.25) is 0 Å². The average molecular weight is 342 g/mol. The number of carboxylic acids is 1. The Hall–Kier alpha value is -1.53. The van der Waals surface area contributed by atoms with Crippen LogP contribution in [0.2, 0.25) is 0 Å². The fourth-order valence-electron chi connectivity index (χ4n) is 1.79. The van der Waals surface area contributed by atoms with Crippen LogP contribution in [0.15, 0.2) is 22.7 Å². The van der Waals surface area contributed by atoms with Crippen molar-refractivity contribution in [1.29, 1.82) is 0 Å². The summed E-state index contributed by atoms with van der Waals surface area (Å²) in [6.45, 7) is 1.81. The number of hydrogen-bond donors (Lipinski definition) is 2. The lowest BCUT2D eigenvalue weighted by molar-refractivity contribution is 0.0703. The Morgan fingerprint density at radius 3 is 2.68 bits per heavy atom. The molecule has 4 nitrogen and oxygen atoms in total. The van der Waals surface area contributed by atoms with E-state index in [4.69, 9.17) is 15.6 Å². The van der Waals surface area contributed by atoms with Crippen molar-refractivity contribution in [3.05, 3.63) is 33.1 Å². The van der Waals surface area contributed by atoms with Crippen molar-refractivity contribution in [2.45, 2.75) is 6.92 Å². The highest BCUT2D eigenvalue weighted by molar-refractivity contribution is 9.10. The monoisotopic (exact) mass is 341 g/mol. The number of carboxylic acid groups (broad SMARTS) is 1. The minimum atomic E-state index is -1.01. The lowest BCUT2D eigenvalue weighted by Gasteiger charge is -2.08. The van der Waals surface area contributed by atoms with Gasteiger partial charge in [-0.2, -0.15) is 0 Å². The molecule has 0 spiro atoms. The Labute approximate surface area is 123 Å². The Morgan fingerprint density at radius 2 is 2.16 bits per heavy atom. The van der Waals surface area contributed by atoms with E-state index in [9.17, 15) is 4.79 Å². The van der Waals surface area contributed by atoms with E-state index in [-0.39, 0.29) is 4.88 Å². The number of nitrogen functional groups attached to an aromatic ring is 1. The van der Waals surface area contributed by atoms with Gasteiger partial charge in [0.15, 0.2) is 0 Å². The summed E-state index contributed by atoms with van der Waals surface area (Å²) in [4.78, 5) is 12.1. The first-order valence-corrected chi connectivity index (χ1v) is 7.02. The summed E-state index contributed by atoms with van der Waals surface area (Å²) in [7, 11) is 1.58. The van der Waals surface area contributed by atoms with Gasteiger partial charge in [0.05, 0.1) is 12.8 Å². The molecule has 2 aromatic rings. The van der Waals surface area contributed by atoms with Crippen molar-refractivity contribution in [1.82, 2.24) is 0 Å². The number of thiophene rings is 1. The van der Waals surface area contributed by atoms with Gasteiger partial charge in [0.25, 0.3) is 0 Å². The molecule has 2 rings (SSSR count). The Bertz CT molecular complexity index is 652. The molecule has 0 saturated heterocycles. The Balaban J connectivity index is 2.66. The molecule has 0 bridgehead atoms. The van der Waals surface area contributed by atoms with E-state index in [2.05, 4.69) is 15.9 Å². The summed E-state index contributed by atoms with van der Waals surface area (Å²) in [6.07, 6.45) is 0. The molecule has 0 radical (unpaired) electrons. The van der Waals surface area contributed by atoms with Crippen molar-refractivity contribution in [2.75, 3.05) is 12.8 Å². The van der Waals surface area contributed by atoms with E-state index >= 15 is 0 Å². The van der Waals surface area contributed by atoms with Crippen LogP contribution in [0.3, 0.4) is 0 Å². The van der Waals surface area contributed by atoms with Crippen molar-refractivity contribution in [3.8, 4) is 16.2 Å². The summed E-state index contributed by atoms with van der Waals surface area (Å²) >= 11 is 4.54. The largest absolute Gasteiger partial charge is 0.496 e. The van der Waals surface area contributed by atoms with Gasteiger partial charge in [-0.25, -0.2) is 4.79 Å². The zero-order chi connectivity index (χ0) is 14.2. The molecule has 1 aromatic heterocycles. The van der Waals surface area contributed by atoms with Gasteiger partial charge in [-0.15, -0.1) is 11.3 Å². The second kappa shape index (κ2) is 5.22. The third-order valence-electron chi connectivity index (χ3n) is 2.80. The number of carbonyl (C=O) groups is 1. The van der Waals surface area contributed by atoms with Crippen LogP contribution in [0.1, 0.15) is 15.2 Å². The summed E-state index contributed by atoms with van der Waals surface area (Å²) < 4.78 is 6.23. The van der Waals surface area contributed by atoms with Crippen molar-refractivity contribution >= 4 is 38.9 Å². The molecule has 100 valence electrons. The van der Waals surface area contributed by atoms with Crippen LogP contribution in [0, 0.1) is 6.92 Å². The van der Waals surface area contributed by atoms with Gasteiger partial charge in [-0.05, 0) is 30.7 Å². The van der Waals surface area contributed by atoms with Gasteiger partial charge in [-0.3, -0.25) is 0 Å². The van der Waals surface area contributed by atoms with Crippen LogP contribution in [0.5, 0.6) is 5.75 Å². The smallest absolute Gasteiger partial charge is 0.348 e. The molecule has 0 aliphatic rings. The van der Waals surface area contributed by atoms with Gasteiger partial charge >= 0.3 is 5.97 Å². The van der Waals surface area contributed by atoms with Crippen molar-refractivity contribution in [3.63, 3.8) is 0 Å². The summed E-state index contributed by atoms with van der Waals surface area (Å²) in [5.74, 6) is -0.330. The lowest BCUT2D eigenvalue weighted by atomic mass is 10.1. The predicted molar refractivity (Wildman–Crippen MR) is 80.1 cm³/mol. The molecule has 1 heterocycles. The Morgan fingerprint density at radius 1 is 1.47 bits per heavy atom. The quantitative estimate of drug-likeness (QED) is 0.890. The summed E-state index contributed by atoms with van der Waals surface area (Å²) in [5, 5.41) is 9.11. The van der Waals surface area contributed by atoms with Crippen molar-refractivity contribution < 1.29 is 14.6 Å². The number of aromatic carboxylic acids is 1. The van der Waals surface area contributed by atoms with Crippen molar-refractivity contribution in [2.24, 2.45) is 0 Å². The number of hydrogen-bond acceptors (Lipinski definition) is 4. The maximum absolute atomic E-state index is 11.1. The number of methoxy groups -OCH3 is 1. The first-order valence-electron chi connectivity index (χ1n) is 5.41. The standard InChI is InChI=1S/C13H12BrNO3S/c1-6-10(15)12(13(16)17)19-11(6)8-4-3-7(14)5-9(8)18-2/h3-5H,15H2,1-2H3,(H,16,17). The van der Waals surface area contributed by atoms with Crippen LogP contribution in [-0.2, 0) is 0 Å². The van der Waals surface area contributed by atoms with Crippen LogP contribution in [-0.4, -0.2) is 18.2 Å². The topological polar surface area (TPSA) is 72.5 Å². The molecule has 1 aromatic carbocycles. The normalized spacial score (nSPS) is 10.5. The van der Waals surface area contributed by atoms with Crippen LogP contribution < -0.4 is 10.5 Å². The molecular weight excluding hydrogens is 330 g/mol. The second-order valence-electron chi connectivity index (χ2n) is 3.95. The van der Waals surface area contributed by atoms with E-state index < -0.39 is 5.97 Å². The second-order valence-corrected chi connectivity index (χ2v) is 5.89. The minimum Gasteiger partial charge on any atom is -0.496 e. The lowest BCUT2D eigenvalue weighted by Crippen LogP contribution is -1.97. The number of benzene rings is 1. The number of halogens is 1. The minimum absolute atomic E-state index is 0.164. The highest BCUT2D eigenvalue weighted by Gasteiger charge is 2.20. The number of nitrogens with two attached hydrogens (primary N) is 1. The zero-order valence-electron chi connectivity index (χ0n) is 10.4. The van der Waals surface area contributed by atoms with Crippen LogP contribution in [0.4, 0.5) is 5.69 Å². The highest BCUT2D eigenvalue weighted by atomic mass is 79.9. The fraction of sp³-hybridized carbons (Fsp3) is 0.154. The van der Waals surface area contributed by atoms with E-state index in [0.717, 1.165) is 31.8 Å². The van der Waals surface area contributed by atoms with E-state index in [1.165, 1.54) is 0 Å². The zero-order valence-corrected chi connectivity index (χ0v) is 12.8. The molecule has 0 atom stereocenters. The molecule has 0 aliphatic carbocycles. The molecular formula is C13H12BrNO3S. The van der Waals surface area contributed by atoms with E-state index in [0.29, 0.717) is 11.4 Å². The molecule has 0 unspecified atom stereocenters. The molecule has 0 amide bonds. The molecule has 19 heavy (non-hydrogen) atoms. The molecule has 0 fully saturated rings. The molecule has 0 aliphatic heterocycles. The molecule has 0 saturated carbocycles. The van der Waals surface area contributed by atoms with Crippen LogP contribution in [0.25, 0.3) is 10.4 Å². The summed E-state index contributed by atoms with van der Waals surface area (Å²) in [6, 6.07) is 5.60. The first-order chi connectivity index (χ1) is 8.95. The van der Waals surface area contributed by atoms with Crippen LogP contribution >= 0.6 is 27.3 Å². The third-order valence-corrected chi connectivity index (χ3v) is 4.62. The molecule has 3 N–H and O–H groups in total. The van der Waals surface area contributed by atoms with Gasteiger partial charge in [-0.1, -0.05) is 15.9 Å². The summed E-state index contributed by atoms with van der Waals surface area (Å²) in [5.41, 5.74) is 7.77. The molecule has 6 heteroatoms. The first kappa shape index (κ1) is 13.9. The SMILES string of the molecule is COc1cc(Br)ccc1-c1sc(C(=O)O)c(N)c1C.